The summed E-state index contributed by atoms with van der Waals surface area (Å²) in [7, 11) is -2.05. The van der Waals surface area contributed by atoms with E-state index in [0.717, 1.165) is 28.8 Å². The molecule has 0 amide bonds. The summed E-state index contributed by atoms with van der Waals surface area (Å²) in [6.45, 7) is 0.958. The number of hydrogen-bond acceptors (Lipinski definition) is 2. The average Bonchev–Trinajstić information content (AvgIpc) is 3.08. The second-order valence-corrected chi connectivity index (χ2v) is 13.8. The Kier molecular flexibility index (Phi) is 10.3. The molecule has 0 aliphatic rings. The van der Waals surface area contributed by atoms with Crippen LogP contribution in [0.25, 0.3) is 0 Å². The van der Waals surface area contributed by atoms with Gasteiger partial charge in [-0.3, -0.25) is 0 Å². The zero-order chi connectivity index (χ0) is 28.5. The van der Waals surface area contributed by atoms with E-state index in [-0.39, 0.29) is 12.4 Å². The highest BCUT2D eigenvalue weighted by atomic mass is 35.5. The Hall–Kier alpha value is -4.36. The summed E-state index contributed by atoms with van der Waals surface area (Å²) in [5.74, 6) is 1.51. The largest absolute Gasteiger partial charge is 1.00 e. The van der Waals surface area contributed by atoms with Gasteiger partial charge in [-0.25, -0.2) is 0 Å². The molecule has 0 bridgehead atoms. The van der Waals surface area contributed by atoms with E-state index >= 15 is 0 Å². The van der Waals surface area contributed by atoms with E-state index < -0.39 is 7.26 Å². The van der Waals surface area contributed by atoms with Crippen LogP contribution in [-0.2, 0) is 19.4 Å². The second kappa shape index (κ2) is 14.7. The van der Waals surface area contributed by atoms with Crippen LogP contribution in [0.3, 0.4) is 0 Å². The van der Waals surface area contributed by atoms with E-state index in [1.165, 1.54) is 21.5 Å². The molecular formula is C39H34ClO2P. The maximum Gasteiger partial charge on any atom is 0.162 e. The summed E-state index contributed by atoms with van der Waals surface area (Å²) in [5, 5.41) is 4.08. The fourth-order valence-electron chi connectivity index (χ4n) is 5.40. The van der Waals surface area contributed by atoms with Gasteiger partial charge >= 0.3 is 0 Å². The van der Waals surface area contributed by atoms with Crippen LogP contribution in [0.1, 0.15) is 16.7 Å². The maximum absolute atomic E-state index is 6.47. The topological polar surface area (TPSA) is 18.5 Å². The lowest BCUT2D eigenvalue weighted by atomic mass is 10.2. The molecule has 214 valence electrons. The molecule has 0 aliphatic carbocycles. The summed E-state index contributed by atoms with van der Waals surface area (Å²) in [6, 6.07) is 60.0. The molecule has 6 aromatic rings. The van der Waals surface area contributed by atoms with Gasteiger partial charge in [-0.15, -0.1) is 0 Å². The molecule has 6 aromatic carbocycles. The predicted molar refractivity (Wildman–Crippen MR) is 177 cm³/mol. The standard InChI is InChI=1S/C39H34O2P.ClH/c1-6-16-32(17-7-1)29-40-38-27-26-34(28-39(38)41-30-33-18-8-2-9-19-33)31-42(35-20-10-3-11-21-35,36-22-12-4-13-23-36)37-24-14-5-15-25-37;/h1-28H,29-31H2;1H/q+1;/p-1. The molecule has 0 aliphatic heterocycles. The van der Waals surface area contributed by atoms with Gasteiger partial charge in [-0.1, -0.05) is 121 Å². The summed E-state index contributed by atoms with van der Waals surface area (Å²) in [4.78, 5) is 0. The van der Waals surface area contributed by atoms with Crippen molar-refractivity contribution in [1.29, 1.82) is 0 Å². The first-order valence-corrected chi connectivity index (χ1v) is 16.3. The van der Waals surface area contributed by atoms with E-state index in [2.05, 4.69) is 133 Å². The first kappa shape index (κ1) is 30.1. The van der Waals surface area contributed by atoms with Crippen LogP contribution in [0.15, 0.2) is 170 Å². The van der Waals surface area contributed by atoms with Crippen molar-refractivity contribution in [2.75, 3.05) is 0 Å². The van der Waals surface area contributed by atoms with Crippen LogP contribution in [0.5, 0.6) is 11.5 Å². The molecule has 0 unspecified atom stereocenters. The first-order chi connectivity index (χ1) is 20.8. The van der Waals surface area contributed by atoms with E-state index in [0.29, 0.717) is 13.2 Å². The summed E-state index contributed by atoms with van der Waals surface area (Å²) >= 11 is 0. The van der Waals surface area contributed by atoms with Gasteiger partial charge in [0.2, 0.25) is 0 Å². The van der Waals surface area contributed by atoms with Gasteiger partial charge in [0.25, 0.3) is 0 Å². The molecule has 43 heavy (non-hydrogen) atoms. The van der Waals surface area contributed by atoms with Crippen molar-refractivity contribution in [2.45, 2.75) is 19.4 Å². The zero-order valence-corrected chi connectivity index (χ0v) is 25.6. The maximum atomic E-state index is 6.47. The lowest BCUT2D eigenvalue weighted by Crippen LogP contribution is -3.00. The molecular weight excluding hydrogens is 567 g/mol. The molecule has 6 rings (SSSR count). The SMILES string of the molecule is [Cl-].c1ccc(COc2ccc(C[P+](c3ccccc3)(c3ccccc3)c3ccccc3)cc2OCc2ccccc2)cc1. The fourth-order valence-corrected chi connectivity index (χ4v) is 9.63. The van der Waals surface area contributed by atoms with Gasteiger partial charge < -0.3 is 21.9 Å². The summed E-state index contributed by atoms with van der Waals surface area (Å²) in [5.41, 5.74) is 3.46. The summed E-state index contributed by atoms with van der Waals surface area (Å²) < 4.78 is 12.8. The van der Waals surface area contributed by atoms with E-state index in [1.54, 1.807) is 0 Å². The van der Waals surface area contributed by atoms with Gasteiger partial charge in [0.05, 0.1) is 6.16 Å². The highest BCUT2D eigenvalue weighted by molar-refractivity contribution is 7.95. The third kappa shape index (κ3) is 7.17. The Bertz CT molecular complexity index is 1580. The minimum atomic E-state index is -2.05. The molecule has 0 heterocycles. The summed E-state index contributed by atoms with van der Waals surface area (Å²) in [6.07, 6.45) is 0.867. The predicted octanol–water partition coefficient (Wildman–Crippen LogP) is 5.34. The van der Waals surface area contributed by atoms with Crippen LogP contribution < -0.4 is 37.8 Å². The third-order valence-electron chi connectivity index (χ3n) is 7.49. The molecule has 0 spiro atoms. The Morgan fingerprint density at radius 2 is 0.744 bits per heavy atom. The highest BCUT2D eigenvalue weighted by Gasteiger charge is 2.45. The van der Waals surface area contributed by atoms with Crippen LogP contribution in [0.4, 0.5) is 0 Å². The van der Waals surface area contributed by atoms with Crippen molar-refractivity contribution in [3.8, 4) is 11.5 Å². The van der Waals surface area contributed by atoms with E-state index in [9.17, 15) is 0 Å². The Labute approximate surface area is 261 Å². The average molecular weight is 601 g/mol. The Morgan fingerprint density at radius 3 is 1.16 bits per heavy atom. The third-order valence-corrected chi connectivity index (χ3v) is 11.9. The molecule has 4 heteroatoms. The van der Waals surface area contributed by atoms with Crippen molar-refractivity contribution in [2.24, 2.45) is 0 Å². The minimum absolute atomic E-state index is 0. The van der Waals surface area contributed by atoms with Crippen LogP contribution in [0.2, 0.25) is 0 Å². The van der Waals surface area contributed by atoms with Gasteiger partial charge in [0.15, 0.2) is 11.5 Å². The van der Waals surface area contributed by atoms with Crippen molar-refractivity contribution in [3.63, 3.8) is 0 Å². The number of halogens is 1. The molecule has 0 saturated heterocycles. The normalized spacial score (nSPS) is 10.9. The number of rotatable bonds is 11. The first-order valence-electron chi connectivity index (χ1n) is 14.3. The lowest BCUT2D eigenvalue weighted by molar-refractivity contribution is -0.00000876. The van der Waals surface area contributed by atoms with Crippen molar-refractivity contribution >= 4 is 23.2 Å². The molecule has 0 atom stereocenters. The molecule has 0 fully saturated rings. The Balaban J connectivity index is 0.00000368. The second-order valence-electron chi connectivity index (χ2n) is 10.3. The van der Waals surface area contributed by atoms with E-state index in [1.807, 2.05) is 36.4 Å². The monoisotopic (exact) mass is 600 g/mol. The minimum Gasteiger partial charge on any atom is -1.00 e. The molecule has 0 aromatic heterocycles. The van der Waals surface area contributed by atoms with Gasteiger partial charge in [-0.05, 0) is 65.2 Å². The highest BCUT2D eigenvalue weighted by Crippen LogP contribution is 2.58. The quantitative estimate of drug-likeness (QED) is 0.187. The smallest absolute Gasteiger partial charge is 0.162 e. The lowest BCUT2D eigenvalue weighted by Gasteiger charge is -2.28. The zero-order valence-electron chi connectivity index (χ0n) is 23.9. The van der Waals surface area contributed by atoms with Gasteiger partial charge in [0.1, 0.15) is 36.4 Å². The van der Waals surface area contributed by atoms with Gasteiger partial charge in [-0.2, -0.15) is 0 Å². The molecule has 2 nitrogen and oxygen atoms in total. The van der Waals surface area contributed by atoms with Crippen LogP contribution >= 0.6 is 7.26 Å². The fraction of sp³-hybridized carbons (Fsp3) is 0.0769. The van der Waals surface area contributed by atoms with Crippen molar-refractivity contribution in [3.05, 3.63) is 187 Å². The Morgan fingerprint density at radius 1 is 0.372 bits per heavy atom. The number of hydrogen-bond donors (Lipinski definition) is 0. The van der Waals surface area contributed by atoms with Crippen molar-refractivity contribution in [1.82, 2.24) is 0 Å². The van der Waals surface area contributed by atoms with Crippen LogP contribution in [-0.4, -0.2) is 0 Å². The number of benzene rings is 6. The van der Waals surface area contributed by atoms with E-state index in [4.69, 9.17) is 9.47 Å². The molecule has 0 saturated carbocycles. The molecule has 0 N–H and O–H groups in total. The molecule has 0 radical (unpaired) electrons. The van der Waals surface area contributed by atoms with Crippen molar-refractivity contribution < 1.29 is 21.9 Å². The van der Waals surface area contributed by atoms with Crippen LogP contribution in [0, 0.1) is 0 Å². The van der Waals surface area contributed by atoms with Gasteiger partial charge in [0, 0.05) is 0 Å². The number of ether oxygens (including phenoxy) is 2.